The van der Waals surface area contributed by atoms with Crippen LogP contribution in [0.25, 0.3) is 23.0 Å². The monoisotopic (exact) mass is 388 g/mol. The van der Waals surface area contributed by atoms with Gasteiger partial charge in [0.05, 0.1) is 0 Å². The molecular weight excluding hydrogens is 368 g/mol. The van der Waals surface area contributed by atoms with E-state index >= 15 is 0 Å². The van der Waals surface area contributed by atoms with Crippen LogP contribution in [-0.4, -0.2) is 36.0 Å². The Morgan fingerprint density at radius 1 is 1.19 bits per heavy atom. The van der Waals surface area contributed by atoms with Gasteiger partial charge in [-0.15, -0.1) is 0 Å². The van der Waals surface area contributed by atoms with Crippen molar-refractivity contribution in [2.45, 2.75) is 31.2 Å². The zero-order valence-corrected chi connectivity index (χ0v) is 15.7. The molecule has 0 atom stereocenters. The van der Waals surface area contributed by atoms with Crippen LogP contribution in [0.4, 0.5) is 0 Å². The number of furan rings is 1. The number of sulfonamides is 1. The van der Waals surface area contributed by atoms with Crippen LogP contribution in [0.2, 0.25) is 0 Å². The molecule has 1 aliphatic rings. The van der Waals surface area contributed by atoms with Crippen molar-refractivity contribution in [3.8, 4) is 23.0 Å². The second kappa shape index (κ2) is 6.91. The van der Waals surface area contributed by atoms with Crippen LogP contribution < -0.4 is 5.73 Å². The van der Waals surface area contributed by atoms with Gasteiger partial charge in [0.2, 0.25) is 15.8 Å². The first-order valence-corrected chi connectivity index (χ1v) is 10.2. The average Bonchev–Trinajstić information content (AvgIpc) is 3.42. The first-order chi connectivity index (χ1) is 13.0. The number of rotatable bonds is 5. The molecule has 0 unspecified atom stereocenters. The molecule has 0 amide bonds. The van der Waals surface area contributed by atoms with Gasteiger partial charge in [0, 0.05) is 31.3 Å². The standard InChI is InChI=1S/C18H20N4O4S/c1-12-16(27(23,24)22-8-2-3-9-22)10-15(25-12)18-20-17(21-26-18)14-6-4-13(11-19)5-7-14/h4-7,10H,2-3,8-9,11,19H2,1H3. The summed E-state index contributed by atoms with van der Waals surface area (Å²) in [6, 6.07) is 8.95. The van der Waals surface area contributed by atoms with E-state index in [1.165, 1.54) is 10.4 Å². The van der Waals surface area contributed by atoms with Crippen molar-refractivity contribution < 1.29 is 17.4 Å². The molecule has 1 saturated heterocycles. The zero-order chi connectivity index (χ0) is 19.0. The molecule has 1 fully saturated rings. The summed E-state index contributed by atoms with van der Waals surface area (Å²) in [5.41, 5.74) is 7.38. The SMILES string of the molecule is Cc1oc(-c2nc(-c3ccc(CN)cc3)no2)cc1S(=O)(=O)N1CCCC1. The molecule has 1 aliphatic heterocycles. The van der Waals surface area contributed by atoms with E-state index in [1.807, 2.05) is 24.3 Å². The topological polar surface area (TPSA) is 115 Å². The van der Waals surface area contributed by atoms with Gasteiger partial charge in [-0.1, -0.05) is 29.4 Å². The van der Waals surface area contributed by atoms with E-state index in [0.29, 0.717) is 31.2 Å². The molecule has 0 spiro atoms. The molecule has 3 heterocycles. The quantitative estimate of drug-likeness (QED) is 0.714. The van der Waals surface area contributed by atoms with Crippen LogP contribution in [0.15, 0.2) is 44.2 Å². The van der Waals surface area contributed by atoms with E-state index in [1.54, 1.807) is 6.92 Å². The van der Waals surface area contributed by atoms with Crippen LogP contribution >= 0.6 is 0 Å². The highest BCUT2D eigenvalue weighted by molar-refractivity contribution is 7.89. The molecule has 0 radical (unpaired) electrons. The van der Waals surface area contributed by atoms with Gasteiger partial charge in [-0.05, 0) is 25.3 Å². The first-order valence-electron chi connectivity index (χ1n) is 8.73. The maximum Gasteiger partial charge on any atom is 0.293 e. The molecule has 0 aliphatic carbocycles. The van der Waals surface area contributed by atoms with Gasteiger partial charge in [0.25, 0.3) is 5.89 Å². The van der Waals surface area contributed by atoms with Gasteiger partial charge in [0.1, 0.15) is 10.7 Å². The summed E-state index contributed by atoms with van der Waals surface area (Å²) >= 11 is 0. The lowest BCUT2D eigenvalue weighted by Crippen LogP contribution is -2.27. The number of aromatic nitrogens is 2. The fourth-order valence-corrected chi connectivity index (χ4v) is 4.80. The van der Waals surface area contributed by atoms with Gasteiger partial charge in [-0.2, -0.15) is 9.29 Å². The third-order valence-electron chi connectivity index (χ3n) is 4.64. The van der Waals surface area contributed by atoms with Gasteiger partial charge in [-0.25, -0.2) is 8.42 Å². The highest BCUT2D eigenvalue weighted by atomic mass is 32.2. The highest BCUT2D eigenvalue weighted by Gasteiger charge is 2.31. The Labute approximate surface area is 157 Å². The first kappa shape index (κ1) is 17.9. The number of aryl methyl sites for hydroxylation is 1. The molecule has 1 aromatic carbocycles. The van der Waals surface area contributed by atoms with Crippen molar-refractivity contribution in [1.82, 2.24) is 14.4 Å². The Morgan fingerprint density at radius 3 is 2.56 bits per heavy atom. The predicted molar refractivity (Wildman–Crippen MR) is 98.1 cm³/mol. The number of hydrogen-bond acceptors (Lipinski definition) is 7. The normalized spacial score (nSPS) is 15.5. The number of nitrogens with two attached hydrogens (primary N) is 1. The predicted octanol–water partition coefficient (Wildman–Crippen LogP) is 2.55. The minimum absolute atomic E-state index is 0.138. The van der Waals surface area contributed by atoms with Crippen molar-refractivity contribution in [2.75, 3.05) is 13.1 Å². The van der Waals surface area contributed by atoms with Gasteiger partial charge < -0.3 is 14.7 Å². The van der Waals surface area contributed by atoms with Crippen LogP contribution in [0.3, 0.4) is 0 Å². The minimum Gasteiger partial charge on any atom is -0.455 e. The molecule has 27 heavy (non-hydrogen) atoms. The summed E-state index contributed by atoms with van der Waals surface area (Å²) in [4.78, 5) is 4.47. The molecule has 8 nitrogen and oxygen atoms in total. The van der Waals surface area contributed by atoms with Gasteiger partial charge in [-0.3, -0.25) is 0 Å². The molecule has 3 aromatic rings. The Balaban J connectivity index is 1.64. The summed E-state index contributed by atoms with van der Waals surface area (Å²) in [6.45, 7) is 3.14. The van der Waals surface area contributed by atoms with Crippen molar-refractivity contribution in [2.24, 2.45) is 5.73 Å². The van der Waals surface area contributed by atoms with E-state index in [9.17, 15) is 8.42 Å². The largest absolute Gasteiger partial charge is 0.455 e. The van der Waals surface area contributed by atoms with E-state index in [-0.39, 0.29) is 16.5 Å². The molecular formula is C18H20N4O4S. The summed E-state index contributed by atoms with van der Waals surface area (Å²) in [7, 11) is -3.57. The second-order valence-corrected chi connectivity index (χ2v) is 8.37. The number of nitrogens with zero attached hydrogens (tertiary/aromatic N) is 3. The smallest absolute Gasteiger partial charge is 0.293 e. The lowest BCUT2D eigenvalue weighted by Gasteiger charge is -2.14. The summed E-state index contributed by atoms with van der Waals surface area (Å²) in [5.74, 6) is 1.08. The Kier molecular flexibility index (Phi) is 4.58. The fraction of sp³-hybridized carbons (Fsp3) is 0.333. The van der Waals surface area contributed by atoms with Gasteiger partial charge in [0.15, 0.2) is 5.76 Å². The molecule has 142 valence electrons. The lowest BCUT2D eigenvalue weighted by atomic mass is 10.1. The van der Waals surface area contributed by atoms with Crippen molar-refractivity contribution in [3.05, 3.63) is 41.7 Å². The fourth-order valence-electron chi connectivity index (χ4n) is 3.13. The molecule has 0 saturated carbocycles. The summed E-state index contributed by atoms with van der Waals surface area (Å²) in [6.07, 6.45) is 1.75. The van der Waals surface area contributed by atoms with E-state index in [0.717, 1.165) is 24.0 Å². The maximum absolute atomic E-state index is 12.8. The zero-order valence-electron chi connectivity index (χ0n) is 14.9. The molecule has 2 N–H and O–H groups in total. The van der Waals surface area contributed by atoms with Crippen molar-refractivity contribution in [3.63, 3.8) is 0 Å². The Hall–Kier alpha value is -2.49. The van der Waals surface area contributed by atoms with E-state index in [4.69, 9.17) is 14.7 Å². The average molecular weight is 388 g/mol. The summed E-state index contributed by atoms with van der Waals surface area (Å²) in [5, 5.41) is 3.96. The van der Waals surface area contributed by atoms with Crippen molar-refractivity contribution >= 4 is 10.0 Å². The highest BCUT2D eigenvalue weighted by Crippen LogP contribution is 2.31. The minimum atomic E-state index is -3.57. The molecule has 0 bridgehead atoms. The number of benzene rings is 1. The third-order valence-corrected chi connectivity index (χ3v) is 6.65. The Bertz CT molecular complexity index is 1050. The van der Waals surface area contributed by atoms with Crippen LogP contribution in [-0.2, 0) is 16.6 Å². The van der Waals surface area contributed by atoms with Crippen molar-refractivity contribution in [1.29, 1.82) is 0 Å². The second-order valence-electron chi connectivity index (χ2n) is 6.47. The summed E-state index contributed by atoms with van der Waals surface area (Å²) < 4.78 is 37.9. The van der Waals surface area contributed by atoms with E-state index < -0.39 is 10.0 Å². The third kappa shape index (κ3) is 3.29. The maximum atomic E-state index is 12.8. The molecule has 9 heteroatoms. The number of hydrogen-bond donors (Lipinski definition) is 1. The van der Waals surface area contributed by atoms with Gasteiger partial charge >= 0.3 is 0 Å². The van der Waals surface area contributed by atoms with E-state index in [2.05, 4.69) is 10.1 Å². The molecule has 2 aromatic heterocycles. The van der Waals surface area contributed by atoms with Crippen LogP contribution in [0, 0.1) is 6.92 Å². The van der Waals surface area contributed by atoms with Crippen LogP contribution in [0.5, 0.6) is 0 Å². The molecule has 4 rings (SSSR count). The van der Waals surface area contributed by atoms with Crippen LogP contribution in [0.1, 0.15) is 24.2 Å². The lowest BCUT2D eigenvalue weighted by molar-refractivity contribution is 0.413. The Morgan fingerprint density at radius 2 is 1.89 bits per heavy atom.